The smallest absolute Gasteiger partial charge is 0.124 e. The maximum Gasteiger partial charge on any atom is 0.124 e. The molecule has 1 aromatic rings. The summed E-state index contributed by atoms with van der Waals surface area (Å²) in [7, 11) is 1.67. The van der Waals surface area contributed by atoms with Crippen LogP contribution >= 0.6 is 11.6 Å². The lowest BCUT2D eigenvalue weighted by Crippen LogP contribution is -2.04. The lowest BCUT2D eigenvalue weighted by molar-refractivity contribution is 0.407. The van der Waals surface area contributed by atoms with Crippen LogP contribution in [-0.4, -0.2) is 13.7 Å². The lowest BCUT2D eigenvalue weighted by atomic mass is 9.99. The van der Waals surface area contributed by atoms with Crippen molar-refractivity contribution in [1.29, 1.82) is 0 Å². The van der Waals surface area contributed by atoms with Gasteiger partial charge < -0.3 is 10.5 Å². The molecule has 3 heteroatoms. The van der Waals surface area contributed by atoms with E-state index in [1.165, 1.54) is 0 Å². The number of halogens is 1. The van der Waals surface area contributed by atoms with Gasteiger partial charge in [0.2, 0.25) is 0 Å². The normalized spacial score (nSPS) is 10.8. The molecule has 0 aliphatic carbocycles. The van der Waals surface area contributed by atoms with Gasteiger partial charge in [0.05, 0.1) is 7.11 Å². The van der Waals surface area contributed by atoms with Crippen LogP contribution in [0.15, 0.2) is 12.1 Å². The Labute approximate surface area is 96.4 Å². The lowest BCUT2D eigenvalue weighted by Gasteiger charge is -2.15. The van der Waals surface area contributed by atoms with Gasteiger partial charge in [0.15, 0.2) is 0 Å². The summed E-state index contributed by atoms with van der Waals surface area (Å²) in [6, 6.07) is 4.00. The first-order valence-electron chi connectivity index (χ1n) is 5.16. The van der Waals surface area contributed by atoms with Crippen molar-refractivity contribution in [2.75, 3.05) is 13.7 Å². The molecule has 84 valence electrons. The maximum absolute atomic E-state index is 6.22. The molecular formula is C12H18ClNO. The molecule has 2 N–H and O–H groups in total. The second-order valence-corrected chi connectivity index (χ2v) is 4.29. The van der Waals surface area contributed by atoms with Crippen molar-refractivity contribution < 1.29 is 4.74 Å². The molecule has 0 spiro atoms. The van der Waals surface area contributed by atoms with Crippen molar-refractivity contribution in [3.05, 3.63) is 28.3 Å². The van der Waals surface area contributed by atoms with Crippen molar-refractivity contribution in [3.63, 3.8) is 0 Å². The molecule has 0 saturated heterocycles. The van der Waals surface area contributed by atoms with Gasteiger partial charge in [-0.05, 0) is 36.6 Å². The molecule has 1 rings (SSSR count). The summed E-state index contributed by atoms with van der Waals surface area (Å²) in [4.78, 5) is 0. The molecule has 0 fully saturated rings. The first-order chi connectivity index (χ1) is 7.10. The monoisotopic (exact) mass is 227 g/mol. The van der Waals surface area contributed by atoms with Gasteiger partial charge in [0, 0.05) is 10.6 Å². The molecular weight excluding hydrogens is 210 g/mol. The highest BCUT2D eigenvalue weighted by atomic mass is 35.5. The largest absolute Gasteiger partial charge is 0.496 e. The van der Waals surface area contributed by atoms with Gasteiger partial charge in [-0.2, -0.15) is 0 Å². The molecule has 1 aromatic carbocycles. The van der Waals surface area contributed by atoms with Crippen molar-refractivity contribution in [2.45, 2.75) is 26.2 Å². The van der Waals surface area contributed by atoms with Crippen molar-refractivity contribution in [1.82, 2.24) is 0 Å². The standard InChI is InChI=1S/C12H18ClNO/c1-8(2)12-10(13)6-9(4-5-14)7-11(12)15-3/h6-8H,4-5,14H2,1-3H3. The van der Waals surface area contributed by atoms with E-state index in [0.717, 1.165) is 28.3 Å². The van der Waals surface area contributed by atoms with Gasteiger partial charge in [-0.3, -0.25) is 0 Å². The molecule has 0 aliphatic heterocycles. The van der Waals surface area contributed by atoms with Crippen LogP contribution in [0.2, 0.25) is 5.02 Å². The van der Waals surface area contributed by atoms with E-state index in [4.69, 9.17) is 22.1 Å². The molecule has 0 unspecified atom stereocenters. The number of hydrogen-bond acceptors (Lipinski definition) is 2. The Morgan fingerprint density at radius 1 is 1.40 bits per heavy atom. The van der Waals surface area contributed by atoms with Crippen LogP contribution in [0.3, 0.4) is 0 Å². The summed E-state index contributed by atoms with van der Waals surface area (Å²) in [6.45, 7) is 4.83. The van der Waals surface area contributed by atoms with E-state index in [1.54, 1.807) is 7.11 Å². The molecule has 0 amide bonds. The van der Waals surface area contributed by atoms with E-state index in [1.807, 2.05) is 12.1 Å². The quantitative estimate of drug-likeness (QED) is 0.859. The summed E-state index contributed by atoms with van der Waals surface area (Å²) in [5.41, 5.74) is 7.71. The average Bonchev–Trinajstić information content (AvgIpc) is 2.16. The minimum absolute atomic E-state index is 0.361. The van der Waals surface area contributed by atoms with Gasteiger partial charge >= 0.3 is 0 Å². The van der Waals surface area contributed by atoms with Crippen LogP contribution < -0.4 is 10.5 Å². The highest BCUT2D eigenvalue weighted by Crippen LogP contribution is 2.34. The Kier molecular flexibility index (Phi) is 4.43. The first kappa shape index (κ1) is 12.3. The fourth-order valence-electron chi connectivity index (χ4n) is 1.69. The third kappa shape index (κ3) is 2.86. The van der Waals surface area contributed by atoms with Gasteiger partial charge in [-0.25, -0.2) is 0 Å². The summed E-state index contributed by atoms with van der Waals surface area (Å²) < 4.78 is 5.35. The van der Waals surface area contributed by atoms with Crippen molar-refractivity contribution in [3.8, 4) is 5.75 Å². The van der Waals surface area contributed by atoms with Crippen LogP contribution in [-0.2, 0) is 6.42 Å². The highest BCUT2D eigenvalue weighted by Gasteiger charge is 2.13. The zero-order valence-electron chi connectivity index (χ0n) is 9.51. The van der Waals surface area contributed by atoms with Gasteiger partial charge in [0.1, 0.15) is 5.75 Å². The molecule has 15 heavy (non-hydrogen) atoms. The maximum atomic E-state index is 6.22. The fraction of sp³-hybridized carbons (Fsp3) is 0.500. The van der Waals surface area contributed by atoms with Crippen LogP contribution in [0, 0.1) is 0 Å². The molecule has 2 nitrogen and oxygen atoms in total. The number of benzene rings is 1. The minimum Gasteiger partial charge on any atom is -0.496 e. The molecule has 0 bridgehead atoms. The molecule has 0 aromatic heterocycles. The molecule has 0 saturated carbocycles. The predicted molar refractivity (Wildman–Crippen MR) is 64.9 cm³/mol. The Bertz CT molecular complexity index is 337. The summed E-state index contributed by atoms with van der Waals surface area (Å²) in [6.07, 6.45) is 0.828. The Morgan fingerprint density at radius 3 is 2.53 bits per heavy atom. The number of methoxy groups -OCH3 is 1. The number of nitrogens with two attached hydrogens (primary N) is 1. The van der Waals surface area contributed by atoms with Crippen LogP contribution in [0.4, 0.5) is 0 Å². The summed E-state index contributed by atoms with van der Waals surface area (Å²) in [5, 5.41) is 0.771. The van der Waals surface area contributed by atoms with E-state index in [-0.39, 0.29) is 0 Å². The van der Waals surface area contributed by atoms with Gasteiger partial charge in [0.25, 0.3) is 0 Å². The predicted octanol–water partition coefficient (Wildman–Crippen LogP) is 2.97. The first-order valence-corrected chi connectivity index (χ1v) is 5.54. The van der Waals surface area contributed by atoms with Crippen molar-refractivity contribution in [2.24, 2.45) is 5.73 Å². The van der Waals surface area contributed by atoms with E-state index < -0.39 is 0 Å². The van der Waals surface area contributed by atoms with Crippen molar-refractivity contribution >= 4 is 11.6 Å². The van der Waals surface area contributed by atoms with E-state index in [9.17, 15) is 0 Å². The topological polar surface area (TPSA) is 35.2 Å². The zero-order valence-corrected chi connectivity index (χ0v) is 10.3. The Balaban J connectivity index is 3.18. The summed E-state index contributed by atoms with van der Waals surface area (Å²) >= 11 is 6.22. The number of rotatable bonds is 4. The second kappa shape index (κ2) is 5.38. The van der Waals surface area contributed by atoms with E-state index in [0.29, 0.717) is 12.5 Å². The molecule has 0 heterocycles. The zero-order chi connectivity index (χ0) is 11.4. The van der Waals surface area contributed by atoms with Gasteiger partial charge in [-0.1, -0.05) is 25.4 Å². The van der Waals surface area contributed by atoms with Crippen LogP contribution in [0.1, 0.15) is 30.9 Å². The average molecular weight is 228 g/mol. The summed E-state index contributed by atoms with van der Waals surface area (Å²) in [5.74, 6) is 1.22. The fourth-order valence-corrected chi connectivity index (χ4v) is 2.14. The van der Waals surface area contributed by atoms with E-state index >= 15 is 0 Å². The van der Waals surface area contributed by atoms with E-state index in [2.05, 4.69) is 13.8 Å². The molecule has 0 radical (unpaired) electrons. The number of hydrogen-bond donors (Lipinski definition) is 1. The Hall–Kier alpha value is -0.730. The third-order valence-corrected chi connectivity index (χ3v) is 2.69. The minimum atomic E-state index is 0.361. The third-order valence-electron chi connectivity index (χ3n) is 2.38. The SMILES string of the molecule is COc1cc(CCN)cc(Cl)c1C(C)C. The second-order valence-electron chi connectivity index (χ2n) is 3.89. The van der Waals surface area contributed by atoms with Crippen LogP contribution in [0.5, 0.6) is 5.75 Å². The number of ether oxygens (including phenoxy) is 1. The highest BCUT2D eigenvalue weighted by molar-refractivity contribution is 6.31. The molecule has 0 aliphatic rings. The molecule has 0 atom stereocenters. The van der Waals surface area contributed by atoms with Crippen LogP contribution in [0.25, 0.3) is 0 Å². The Morgan fingerprint density at radius 2 is 2.07 bits per heavy atom. The van der Waals surface area contributed by atoms with Gasteiger partial charge in [-0.15, -0.1) is 0 Å².